The number of furan rings is 1. The minimum atomic E-state index is -1.06. The van der Waals surface area contributed by atoms with Crippen molar-refractivity contribution in [3.05, 3.63) is 60.4 Å². The molecule has 2 atom stereocenters. The summed E-state index contributed by atoms with van der Waals surface area (Å²) in [5, 5.41) is 7.61. The Morgan fingerprint density at radius 1 is 1.17 bits per heavy atom. The molecule has 0 saturated carbocycles. The number of hydrogen-bond donors (Lipinski definition) is 2. The van der Waals surface area contributed by atoms with Gasteiger partial charge in [-0.1, -0.05) is 30.3 Å². The summed E-state index contributed by atoms with van der Waals surface area (Å²) in [5.41, 5.74) is 0.753. The van der Waals surface area contributed by atoms with Crippen molar-refractivity contribution in [2.24, 2.45) is 4.99 Å². The molecule has 0 aliphatic carbocycles. The second-order valence-corrected chi connectivity index (χ2v) is 8.32. The molecule has 6 nitrogen and oxygen atoms in total. The summed E-state index contributed by atoms with van der Waals surface area (Å²) in [6.45, 7) is 7.76. The van der Waals surface area contributed by atoms with Gasteiger partial charge in [-0.15, -0.1) is 0 Å². The Kier molecular flexibility index (Phi) is 7.90. The van der Waals surface area contributed by atoms with Crippen molar-refractivity contribution in [1.29, 1.82) is 0 Å². The Morgan fingerprint density at radius 2 is 1.97 bits per heavy atom. The van der Waals surface area contributed by atoms with E-state index in [9.17, 15) is 4.21 Å². The van der Waals surface area contributed by atoms with Crippen molar-refractivity contribution in [2.45, 2.75) is 31.7 Å². The van der Waals surface area contributed by atoms with Gasteiger partial charge in [0.25, 0.3) is 0 Å². The molecule has 160 valence electrons. The van der Waals surface area contributed by atoms with Crippen LogP contribution in [0.4, 0.5) is 0 Å². The third kappa shape index (κ3) is 5.63. The molecule has 3 rings (SSSR count). The smallest absolute Gasteiger partial charge is 0.191 e. The second kappa shape index (κ2) is 10.8. The van der Waals surface area contributed by atoms with Crippen molar-refractivity contribution < 1.29 is 13.4 Å². The number of rotatable bonds is 9. The molecular formula is C23H29N3O3S. The first-order valence-corrected chi connectivity index (χ1v) is 11.6. The van der Waals surface area contributed by atoms with E-state index in [2.05, 4.69) is 15.6 Å². The molecular weight excluding hydrogens is 398 g/mol. The minimum absolute atomic E-state index is 0.0932. The highest BCUT2D eigenvalue weighted by atomic mass is 32.2. The van der Waals surface area contributed by atoms with E-state index >= 15 is 0 Å². The lowest BCUT2D eigenvalue weighted by molar-refractivity contribution is 0.336. The van der Waals surface area contributed by atoms with Gasteiger partial charge < -0.3 is 19.8 Å². The van der Waals surface area contributed by atoms with Crippen LogP contribution in [-0.2, 0) is 10.8 Å². The average Bonchev–Trinajstić information content (AvgIpc) is 3.20. The van der Waals surface area contributed by atoms with Gasteiger partial charge in [0, 0.05) is 22.6 Å². The van der Waals surface area contributed by atoms with E-state index in [1.54, 1.807) is 0 Å². The van der Waals surface area contributed by atoms with E-state index in [1.165, 1.54) is 0 Å². The first-order chi connectivity index (χ1) is 14.6. The van der Waals surface area contributed by atoms with Gasteiger partial charge in [0.2, 0.25) is 0 Å². The predicted octanol–water partition coefficient (Wildman–Crippen LogP) is 4.26. The van der Waals surface area contributed by atoms with E-state index in [0.717, 1.165) is 33.9 Å². The molecule has 7 heteroatoms. The molecule has 30 heavy (non-hydrogen) atoms. The van der Waals surface area contributed by atoms with E-state index in [1.807, 2.05) is 75.4 Å². The standard InChI is InChI=1S/C23H29N3O3S/c1-4-24-23(25-14-15-30(27)19-11-7-6-8-12-19)26-17(3)21-16-18-10-9-13-20(28-5-2)22(18)29-21/h6-13,16-17H,4-5,14-15H2,1-3H3,(H2,24,25,26). The zero-order valence-corrected chi connectivity index (χ0v) is 18.5. The Morgan fingerprint density at radius 3 is 2.70 bits per heavy atom. The van der Waals surface area contributed by atoms with Crippen molar-refractivity contribution in [3.8, 4) is 5.75 Å². The molecule has 0 spiro atoms. The van der Waals surface area contributed by atoms with Crippen LogP contribution in [0.1, 0.15) is 32.6 Å². The largest absolute Gasteiger partial charge is 0.490 e. The zero-order chi connectivity index (χ0) is 21.3. The first-order valence-electron chi connectivity index (χ1n) is 10.3. The lowest BCUT2D eigenvalue weighted by Gasteiger charge is -2.16. The van der Waals surface area contributed by atoms with E-state index in [4.69, 9.17) is 9.15 Å². The van der Waals surface area contributed by atoms with Gasteiger partial charge in [0.15, 0.2) is 17.3 Å². The molecule has 3 aromatic rings. The predicted molar refractivity (Wildman–Crippen MR) is 123 cm³/mol. The number of fused-ring (bicyclic) bond motifs is 1. The van der Waals surface area contributed by atoms with Crippen LogP contribution in [0.25, 0.3) is 11.0 Å². The van der Waals surface area contributed by atoms with Crippen molar-refractivity contribution in [2.75, 3.05) is 25.4 Å². The second-order valence-electron chi connectivity index (χ2n) is 6.75. The van der Waals surface area contributed by atoms with Crippen LogP contribution in [0.15, 0.2) is 68.9 Å². The molecule has 0 aliphatic rings. The molecule has 0 aliphatic heterocycles. The van der Waals surface area contributed by atoms with Gasteiger partial charge in [-0.05, 0) is 45.0 Å². The number of hydrogen-bond acceptors (Lipinski definition) is 4. The van der Waals surface area contributed by atoms with Crippen LogP contribution in [0.5, 0.6) is 5.75 Å². The van der Waals surface area contributed by atoms with Crippen LogP contribution < -0.4 is 15.4 Å². The Labute approximate surface area is 180 Å². The van der Waals surface area contributed by atoms with Crippen LogP contribution in [0.3, 0.4) is 0 Å². The number of nitrogens with zero attached hydrogens (tertiary/aromatic N) is 1. The Hall–Kier alpha value is -2.80. The van der Waals surface area contributed by atoms with Crippen molar-refractivity contribution in [1.82, 2.24) is 10.6 Å². The van der Waals surface area contributed by atoms with Gasteiger partial charge in [-0.2, -0.15) is 0 Å². The molecule has 1 heterocycles. The lowest BCUT2D eigenvalue weighted by atomic mass is 10.2. The number of para-hydroxylation sites is 1. The number of nitrogens with one attached hydrogen (secondary N) is 2. The highest BCUT2D eigenvalue weighted by Gasteiger charge is 2.15. The third-order valence-corrected chi connectivity index (χ3v) is 5.86. The fourth-order valence-electron chi connectivity index (χ4n) is 3.07. The quantitative estimate of drug-likeness (QED) is 0.394. The first kappa shape index (κ1) is 21.9. The van der Waals surface area contributed by atoms with Crippen molar-refractivity contribution in [3.63, 3.8) is 0 Å². The van der Waals surface area contributed by atoms with E-state index < -0.39 is 10.8 Å². The summed E-state index contributed by atoms with van der Waals surface area (Å²) in [6, 6.07) is 17.3. The summed E-state index contributed by atoms with van der Waals surface area (Å²) in [5.74, 6) is 2.69. The number of benzene rings is 2. The highest BCUT2D eigenvalue weighted by molar-refractivity contribution is 7.85. The highest BCUT2D eigenvalue weighted by Crippen LogP contribution is 2.31. The Bertz CT molecular complexity index is 1000. The summed E-state index contributed by atoms with van der Waals surface area (Å²) in [7, 11) is -1.06. The maximum absolute atomic E-state index is 12.4. The van der Waals surface area contributed by atoms with Crippen LogP contribution in [0, 0.1) is 0 Å². The topological polar surface area (TPSA) is 75.9 Å². The number of aliphatic imine (C=N–C) groups is 1. The molecule has 0 fully saturated rings. The molecule has 1 aromatic heterocycles. The molecule has 2 unspecified atom stereocenters. The van der Waals surface area contributed by atoms with Crippen LogP contribution in [0.2, 0.25) is 0 Å². The summed E-state index contributed by atoms with van der Waals surface area (Å²) in [6.07, 6.45) is 0. The van der Waals surface area contributed by atoms with Gasteiger partial charge in [-0.3, -0.25) is 9.20 Å². The van der Waals surface area contributed by atoms with Gasteiger partial charge in [-0.25, -0.2) is 0 Å². The van der Waals surface area contributed by atoms with Gasteiger partial charge in [0.1, 0.15) is 5.76 Å². The van der Waals surface area contributed by atoms with Crippen LogP contribution in [-0.4, -0.2) is 35.6 Å². The van der Waals surface area contributed by atoms with E-state index in [0.29, 0.717) is 24.9 Å². The average molecular weight is 428 g/mol. The fraction of sp³-hybridized carbons (Fsp3) is 0.348. The summed E-state index contributed by atoms with van der Waals surface area (Å²) < 4.78 is 24.1. The number of guanidine groups is 1. The van der Waals surface area contributed by atoms with Gasteiger partial charge >= 0.3 is 0 Å². The normalized spacial score (nSPS) is 13.8. The summed E-state index contributed by atoms with van der Waals surface area (Å²) >= 11 is 0. The molecule has 2 aromatic carbocycles. The maximum atomic E-state index is 12.4. The molecule has 2 N–H and O–H groups in total. The summed E-state index contributed by atoms with van der Waals surface area (Å²) in [4.78, 5) is 5.41. The minimum Gasteiger partial charge on any atom is -0.490 e. The number of ether oxygens (including phenoxy) is 1. The zero-order valence-electron chi connectivity index (χ0n) is 17.7. The maximum Gasteiger partial charge on any atom is 0.191 e. The monoisotopic (exact) mass is 427 g/mol. The SMILES string of the molecule is CCNC(=NCCS(=O)c1ccccc1)NC(C)c1cc2cccc(OCC)c2o1. The van der Waals surface area contributed by atoms with Gasteiger partial charge in [0.05, 0.1) is 30.0 Å². The molecule has 0 bridgehead atoms. The van der Waals surface area contributed by atoms with Crippen LogP contribution >= 0.6 is 0 Å². The fourth-order valence-corrected chi connectivity index (χ4v) is 4.02. The molecule has 0 saturated heterocycles. The Balaban J connectivity index is 1.66. The van der Waals surface area contributed by atoms with Crippen molar-refractivity contribution >= 4 is 27.7 Å². The lowest BCUT2D eigenvalue weighted by Crippen LogP contribution is -2.38. The third-order valence-electron chi connectivity index (χ3n) is 4.50. The molecule has 0 radical (unpaired) electrons. The van der Waals surface area contributed by atoms with E-state index in [-0.39, 0.29) is 6.04 Å². The molecule has 0 amide bonds.